The fourth-order valence-corrected chi connectivity index (χ4v) is 5.65. The van der Waals surface area contributed by atoms with Crippen LogP contribution in [0.5, 0.6) is 11.5 Å². The molecule has 0 radical (unpaired) electrons. The molecule has 0 spiro atoms. The van der Waals surface area contributed by atoms with E-state index >= 15 is 0 Å². The fourth-order valence-electron chi connectivity index (χ4n) is 5.65. The molecule has 0 bridgehead atoms. The lowest BCUT2D eigenvalue weighted by atomic mass is 9.60. The van der Waals surface area contributed by atoms with Crippen LogP contribution in [0.3, 0.4) is 0 Å². The number of allylic oxidation sites excluding steroid dienone is 7. The lowest BCUT2D eigenvalue weighted by Gasteiger charge is -2.41. The highest BCUT2D eigenvalue weighted by Gasteiger charge is 2.55. The topological polar surface area (TPSA) is 121 Å². The van der Waals surface area contributed by atoms with Crippen LogP contribution >= 0.6 is 0 Å². The molecule has 2 amide bonds. The molecular weight excluding hydrogens is 438 g/mol. The molecule has 1 saturated heterocycles. The Balaban J connectivity index is 1.61. The van der Waals surface area contributed by atoms with E-state index in [0.717, 1.165) is 5.57 Å². The zero-order valence-corrected chi connectivity index (χ0v) is 18.6. The van der Waals surface area contributed by atoms with Crippen LogP contribution in [0.4, 0.5) is 0 Å². The second-order valence-electron chi connectivity index (χ2n) is 9.05. The Morgan fingerprint density at radius 2 is 1.88 bits per heavy atom. The van der Waals surface area contributed by atoms with Crippen molar-refractivity contribution in [2.75, 3.05) is 7.11 Å². The number of aromatic hydroxyl groups is 1. The maximum Gasteiger partial charge on any atom is 0.257 e. The van der Waals surface area contributed by atoms with Gasteiger partial charge in [0.2, 0.25) is 0 Å². The van der Waals surface area contributed by atoms with Crippen molar-refractivity contribution in [2.24, 2.45) is 23.7 Å². The molecular formula is C26H23NO7. The number of benzene rings is 1. The molecule has 3 aliphatic carbocycles. The van der Waals surface area contributed by atoms with Crippen molar-refractivity contribution >= 4 is 29.5 Å². The van der Waals surface area contributed by atoms with E-state index in [0.29, 0.717) is 28.0 Å². The predicted octanol–water partition coefficient (Wildman–Crippen LogP) is 2.77. The molecule has 8 heteroatoms. The number of hydrogen-bond acceptors (Lipinski definition) is 7. The summed E-state index contributed by atoms with van der Waals surface area (Å²) in [7, 11) is 1.44. The largest absolute Gasteiger partial charge is 0.504 e. The number of hydrogen-bond donors (Lipinski definition) is 2. The van der Waals surface area contributed by atoms with Crippen LogP contribution in [0, 0.1) is 23.7 Å². The number of nitrogens with zero attached hydrogens (tertiary/aromatic N) is 1. The van der Waals surface area contributed by atoms with Crippen molar-refractivity contribution in [3.05, 3.63) is 64.3 Å². The van der Waals surface area contributed by atoms with E-state index < -0.39 is 35.5 Å². The van der Waals surface area contributed by atoms with E-state index in [1.807, 2.05) is 6.08 Å². The number of hydroxylamine groups is 2. The van der Waals surface area contributed by atoms with E-state index in [9.17, 15) is 29.5 Å². The van der Waals surface area contributed by atoms with Crippen molar-refractivity contribution in [1.82, 2.24) is 5.06 Å². The van der Waals surface area contributed by atoms with Gasteiger partial charge in [-0.3, -0.25) is 24.4 Å². The lowest BCUT2D eigenvalue weighted by Crippen LogP contribution is -2.39. The van der Waals surface area contributed by atoms with E-state index in [4.69, 9.17) is 4.74 Å². The van der Waals surface area contributed by atoms with Gasteiger partial charge in [0.25, 0.3) is 11.8 Å². The standard InChI is InChI=1S/C26H23NO7/c1-12-9-20(29)22-15(5-3-13-4-8-19(28)21(10-13)34-2)14-6-7-16-23(26(32)27(33)25(16)31)17(14)11-18(22)24(12)30/h3-6,8-10,15-17,23,28,33H,7,11H2,1-2H3. The molecule has 4 aliphatic rings. The third-order valence-electron chi connectivity index (χ3n) is 7.27. The number of fused-ring (bicyclic) bond motifs is 3. The molecule has 1 heterocycles. The zero-order valence-electron chi connectivity index (χ0n) is 18.6. The van der Waals surface area contributed by atoms with Crippen LogP contribution in [-0.2, 0) is 19.2 Å². The van der Waals surface area contributed by atoms with Crippen molar-refractivity contribution in [2.45, 2.75) is 19.8 Å². The summed E-state index contributed by atoms with van der Waals surface area (Å²) in [6, 6.07) is 4.83. The molecule has 5 rings (SSSR count). The first-order chi connectivity index (χ1) is 16.2. The Hall–Kier alpha value is -3.78. The fraction of sp³-hybridized carbons (Fsp3) is 0.308. The van der Waals surface area contributed by atoms with Crippen LogP contribution in [-0.4, -0.2) is 45.9 Å². The molecule has 34 heavy (non-hydrogen) atoms. The molecule has 1 aromatic rings. The Kier molecular flexibility index (Phi) is 5.13. The molecule has 1 aliphatic heterocycles. The number of amides is 2. The smallest absolute Gasteiger partial charge is 0.257 e. The Labute approximate surface area is 195 Å². The van der Waals surface area contributed by atoms with Crippen LogP contribution in [0.2, 0.25) is 0 Å². The molecule has 4 atom stereocenters. The van der Waals surface area contributed by atoms with Crippen molar-refractivity contribution in [1.29, 1.82) is 0 Å². The highest BCUT2D eigenvalue weighted by Crippen LogP contribution is 2.52. The summed E-state index contributed by atoms with van der Waals surface area (Å²) in [6.45, 7) is 1.59. The molecule has 2 N–H and O–H groups in total. The Morgan fingerprint density at radius 3 is 2.62 bits per heavy atom. The van der Waals surface area contributed by atoms with Gasteiger partial charge in [0, 0.05) is 22.6 Å². The lowest BCUT2D eigenvalue weighted by molar-refractivity contribution is -0.173. The normalized spacial score (nSPS) is 28.6. The monoisotopic (exact) mass is 461 g/mol. The van der Waals surface area contributed by atoms with Gasteiger partial charge >= 0.3 is 0 Å². The highest BCUT2D eigenvalue weighted by molar-refractivity contribution is 6.23. The van der Waals surface area contributed by atoms with Gasteiger partial charge in [-0.25, -0.2) is 0 Å². The minimum Gasteiger partial charge on any atom is -0.504 e. The minimum absolute atomic E-state index is 0.00459. The van der Waals surface area contributed by atoms with E-state index in [1.165, 1.54) is 19.3 Å². The number of carbonyl (C=O) groups is 4. The first-order valence-corrected chi connectivity index (χ1v) is 11.0. The summed E-state index contributed by atoms with van der Waals surface area (Å²) in [6.07, 6.45) is 7.23. The van der Waals surface area contributed by atoms with Gasteiger partial charge < -0.3 is 9.84 Å². The number of phenolic OH excluding ortho intramolecular Hbond substituents is 1. The van der Waals surface area contributed by atoms with Gasteiger partial charge in [0.05, 0.1) is 18.9 Å². The third-order valence-corrected chi connectivity index (χ3v) is 7.27. The number of Topliss-reactive ketones (excluding diaryl/α,β-unsaturated/α-hetero) is 1. The van der Waals surface area contributed by atoms with E-state index in [2.05, 4.69) is 0 Å². The average Bonchev–Trinajstić information content (AvgIpc) is 3.05. The Morgan fingerprint density at radius 1 is 1.12 bits per heavy atom. The Bertz CT molecular complexity index is 1280. The number of ketones is 2. The van der Waals surface area contributed by atoms with Crippen LogP contribution in [0.15, 0.2) is 58.7 Å². The summed E-state index contributed by atoms with van der Waals surface area (Å²) in [5, 5.41) is 20.0. The second-order valence-corrected chi connectivity index (χ2v) is 9.05. The SMILES string of the molecule is COc1cc(C=CC2C3=CCC4C(=O)N(O)C(=O)C4C3CC3=C2C(=O)C=C(C)C3=O)ccc1O. The third kappa shape index (κ3) is 3.17. The molecule has 1 aromatic carbocycles. The number of phenols is 1. The summed E-state index contributed by atoms with van der Waals surface area (Å²) in [5.41, 5.74) is 2.60. The van der Waals surface area contributed by atoms with Crippen molar-refractivity contribution < 1.29 is 34.2 Å². The molecule has 0 aromatic heterocycles. The maximum atomic E-state index is 13.1. The summed E-state index contributed by atoms with van der Waals surface area (Å²) in [4.78, 5) is 51.2. The average molecular weight is 461 g/mol. The first-order valence-electron chi connectivity index (χ1n) is 11.0. The van der Waals surface area contributed by atoms with E-state index in [-0.39, 0.29) is 35.2 Å². The van der Waals surface area contributed by atoms with E-state index in [1.54, 1.807) is 31.2 Å². The van der Waals surface area contributed by atoms with Crippen LogP contribution in [0.25, 0.3) is 6.08 Å². The quantitative estimate of drug-likeness (QED) is 0.307. The van der Waals surface area contributed by atoms with Crippen LogP contribution < -0.4 is 4.74 Å². The first kappa shape index (κ1) is 22.0. The zero-order chi connectivity index (χ0) is 24.3. The number of imide groups is 1. The van der Waals surface area contributed by atoms with Gasteiger partial charge in [-0.1, -0.05) is 29.9 Å². The second kappa shape index (κ2) is 7.92. The number of carbonyl (C=O) groups excluding carboxylic acids is 4. The molecule has 8 nitrogen and oxygen atoms in total. The number of rotatable bonds is 3. The van der Waals surface area contributed by atoms with Gasteiger partial charge in [0.1, 0.15) is 0 Å². The predicted molar refractivity (Wildman–Crippen MR) is 119 cm³/mol. The van der Waals surface area contributed by atoms with Gasteiger partial charge in [0.15, 0.2) is 23.1 Å². The highest BCUT2D eigenvalue weighted by atomic mass is 16.5. The number of ether oxygens (including phenoxy) is 1. The summed E-state index contributed by atoms with van der Waals surface area (Å²) < 4.78 is 5.16. The molecule has 4 unspecified atom stereocenters. The summed E-state index contributed by atoms with van der Waals surface area (Å²) >= 11 is 0. The van der Waals surface area contributed by atoms with Crippen LogP contribution in [0.1, 0.15) is 25.3 Å². The van der Waals surface area contributed by atoms with Crippen molar-refractivity contribution in [3.63, 3.8) is 0 Å². The van der Waals surface area contributed by atoms with Gasteiger partial charge in [-0.15, -0.1) is 0 Å². The molecule has 174 valence electrons. The number of methoxy groups -OCH3 is 1. The summed E-state index contributed by atoms with van der Waals surface area (Å²) in [5.74, 6) is -3.97. The van der Waals surface area contributed by atoms with Gasteiger partial charge in [-0.05, 0) is 49.5 Å². The van der Waals surface area contributed by atoms with Crippen molar-refractivity contribution in [3.8, 4) is 11.5 Å². The maximum absolute atomic E-state index is 13.1. The minimum atomic E-state index is -0.773. The molecule has 1 fully saturated rings. The molecule has 0 saturated carbocycles. The van der Waals surface area contributed by atoms with Gasteiger partial charge in [-0.2, -0.15) is 5.06 Å².